The molecule has 0 saturated heterocycles. The van der Waals surface area contributed by atoms with Gasteiger partial charge in [-0.15, -0.1) is 0 Å². The SMILES string of the molecule is CN(C)C(=O)CNCC1(c2ccccc2)CCC(c2ccccc2)(N(C)C)CC1.CNC. The highest BCUT2D eigenvalue weighted by Crippen LogP contribution is 2.49. The summed E-state index contributed by atoms with van der Waals surface area (Å²) in [6, 6.07) is 21.8. The lowest BCUT2D eigenvalue weighted by molar-refractivity contribution is -0.127. The second-order valence-electron chi connectivity index (χ2n) is 9.33. The van der Waals surface area contributed by atoms with Crippen LogP contribution >= 0.6 is 0 Å². The molecular formula is C27H42N4O. The summed E-state index contributed by atoms with van der Waals surface area (Å²) in [4.78, 5) is 16.1. The Morgan fingerprint density at radius 3 is 1.72 bits per heavy atom. The minimum atomic E-state index is 0.0577. The first kappa shape index (κ1) is 26.0. The third-order valence-electron chi connectivity index (χ3n) is 6.83. The lowest BCUT2D eigenvalue weighted by Gasteiger charge is -2.50. The number of carbonyl (C=O) groups is 1. The predicted molar refractivity (Wildman–Crippen MR) is 135 cm³/mol. The van der Waals surface area contributed by atoms with E-state index >= 15 is 0 Å². The zero-order valence-electron chi connectivity index (χ0n) is 20.8. The van der Waals surface area contributed by atoms with Crippen LogP contribution in [0.25, 0.3) is 0 Å². The van der Waals surface area contributed by atoms with Crippen LogP contribution in [0.5, 0.6) is 0 Å². The second kappa shape index (κ2) is 12.1. The largest absolute Gasteiger partial charge is 0.348 e. The molecule has 5 heteroatoms. The number of hydrogen-bond donors (Lipinski definition) is 2. The minimum Gasteiger partial charge on any atom is -0.348 e. The van der Waals surface area contributed by atoms with Crippen molar-refractivity contribution in [2.75, 3.05) is 55.4 Å². The molecule has 1 aliphatic carbocycles. The number of hydrogen-bond acceptors (Lipinski definition) is 4. The third-order valence-corrected chi connectivity index (χ3v) is 6.83. The Morgan fingerprint density at radius 1 is 0.812 bits per heavy atom. The molecule has 0 radical (unpaired) electrons. The molecule has 32 heavy (non-hydrogen) atoms. The second-order valence-corrected chi connectivity index (χ2v) is 9.33. The van der Waals surface area contributed by atoms with Crippen LogP contribution in [0.3, 0.4) is 0 Å². The summed E-state index contributed by atoms with van der Waals surface area (Å²) in [5.74, 6) is 0.121. The van der Waals surface area contributed by atoms with Crippen molar-refractivity contribution in [3.8, 4) is 0 Å². The minimum absolute atomic E-state index is 0.0577. The number of rotatable bonds is 7. The van der Waals surface area contributed by atoms with Crippen molar-refractivity contribution >= 4 is 5.91 Å². The molecule has 1 aliphatic rings. The number of nitrogens with one attached hydrogen (secondary N) is 2. The molecule has 0 spiro atoms. The summed E-state index contributed by atoms with van der Waals surface area (Å²) >= 11 is 0. The number of nitrogens with zero attached hydrogens (tertiary/aromatic N) is 2. The lowest BCUT2D eigenvalue weighted by Crippen LogP contribution is -2.51. The van der Waals surface area contributed by atoms with Crippen LogP contribution in [0.2, 0.25) is 0 Å². The Balaban J connectivity index is 0.00000114. The highest BCUT2D eigenvalue weighted by atomic mass is 16.2. The summed E-state index contributed by atoms with van der Waals surface area (Å²) in [5.41, 5.74) is 2.91. The van der Waals surface area contributed by atoms with Crippen LogP contribution in [0.15, 0.2) is 60.7 Å². The van der Waals surface area contributed by atoms with Gasteiger partial charge in [-0.2, -0.15) is 0 Å². The van der Waals surface area contributed by atoms with Gasteiger partial charge in [0.15, 0.2) is 0 Å². The van der Waals surface area contributed by atoms with Gasteiger partial charge in [-0.05, 0) is 65.0 Å². The van der Waals surface area contributed by atoms with E-state index < -0.39 is 0 Å². The van der Waals surface area contributed by atoms with Gasteiger partial charge >= 0.3 is 0 Å². The molecule has 0 aliphatic heterocycles. The maximum atomic E-state index is 12.1. The van der Waals surface area contributed by atoms with E-state index in [-0.39, 0.29) is 16.9 Å². The molecule has 1 amide bonds. The fraction of sp³-hybridized carbons (Fsp3) is 0.519. The van der Waals surface area contributed by atoms with E-state index in [0.29, 0.717) is 6.54 Å². The highest BCUT2D eigenvalue weighted by Gasteiger charge is 2.45. The molecule has 0 aromatic heterocycles. The van der Waals surface area contributed by atoms with Gasteiger partial charge in [0, 0.05) is 31.6 Å². The average molecular weight is 439 g/mol. The molecule has 3 rings (SSSR count). The fourth-order valence-electron chi connectivity index (χ4n) is 4.81. The van der Waals surface area contributed by atoms with Crippen molar-refractivity contribution in [2.24, 2.45) is 0 Å². The van der Waals surface area contributed by atoms with Crippen LogP contribution in [-0.4, -0.2) is 71.1 Å². The van der Waals surface area contributed by atoms with Gasteiger partial charge in [-0.25, -0.2) is 0 Å². The molecule has 0 heterocycles. The molecule has 1 saturated carbocycles. The van der Waals surface area contributed by atoms with E-state index in [1.54, 1.807) is 4.90 Å². The Hall–Kier alpha value is -2.21. The summed E-state index contributed by atoms with van der Waals surface area (Å²) in [6.07, 6.45) is 4.38. The van der Waals surface area contributed by atoms with Crippen molar-refractivity contribution in [3.63, 3.8) is 0 Å². The fourth-order valence-corrected chi connectivity index (χ4v) is 4.81. The monoisotopic (exact) mass is 438 g/mol. The van der Waals surface area contributed by atoms with E-state index in [2.05, 4.69) is 90.3 Å². The smallest absolute Gasteiger partial charge is 0.236 e. The number of amides is 1. The highest BCUT2D eigenvalue weighted by molar-refractivity contribution is 5.77. The van der Waals surface area contributed by atoms with Crippen LogP contribution in [0.1, 0.15) is 36.8 Å². The third kappa shape index (κ3) is 6.18. The van der Waals surface area contributed by atoms with Gasteiger partial charge in [0.25, 0.3) is 0 Å². The van der Waals surface area contributed by atoms with E-state index in [1.165, 1.54) is 11.1 Å². The Kier molecular flexibility index (Phi) is 9.88. The number of benzene rings is 2. The van der Waals surface area contributed by atoms with Crippen molar-refractivity contribution in [1.29, 1.82) is 0 Å². The standard InChI is InChI=1S/C25H35N3O.C2H7N/c1-27(2)23(29)19-26-20-24(21-11-7-5-8-12-21)15-17-25(18-16-24,28(3)4)22-13-9-6-10-14-22;1-3-2/h5-14,26H,15-20H2,1-4H3;3H,1-2H3. The van der Waals surface area contributed by atoms with Gasteiger partial charge in [0.05, 0.1) is 6.54 Å². The van der Waals surface area contributed by atoms with Crippen LogP contribution in [-0.2, 0) is 15.7 Å². The summed E-state index contributed by atoms with van der Waals surface area (Å²) in [7, 11) is 11.8. The topological polar surface area (TPSA) is 47.6 Å². The molecule has 0 atom stereocenters. The summed E-state index contributed by atoms with van der Waals surface area (Å²) in [5, 5.41) is 6.22. The van der Waals surface area contributed by atoms with E-state index in [1.807, 2.05) is 28.2 Å². The molecular weight excluding hydrogens is 396 g/mol. The molecule has 5 nitrogen and oxygen atoms in total. The van der Waals surface area contributed by atoms with Crippen LogP contribution < -0.4 is 10.6 Å². The molecule has 1 fully saturated rings. The van der Waals surface area contributed by atoms with E-state index in [4.69, 9.17) is 0 Å². The zero-order chi connectivity index (χ0) is 23.6. The first-order valence-electron chi connectivity index (χ1n) is 11.6. The van der Waals surface area contributed by atoms with Gasteiger partial charge in [0.2, 0.25) is 5.91 Å². The average Bonchev–Trinajstić information content (AvgIpc) is 2.81. The number of likely N-dealkylation sites (N-methyl/N-ethyl adjacent to an activating group) is 1. The van der Waals surface area contributed by atoms with Crippen molar-refractivity contribution in [3.05, 3.63) is 71.8 Å². The molecule has 176 valence electrons. The van der Waals surface area contributed by atoms with Gasteiger partial charge in [-0.1, -0.05) is 60.7 Å². The maximum Gasteiger partial charge on any atom is 0.236 e. The van der Waals surface area contributed by atoms with Gasteiger partial charge in [-0.3, -0.25) is 9.69 Å². The van der Waals surface area contributed by atoms with Crippen molar-refractivity contribution < 1.29 is 4.79 Å². The Morgan fingerprint density at radius 2 is 1.28 bits per heavy atom. The number of carbonyl (C=O) groups excluding carboxylic acids is 1. The van der Waals surface area contributed by atoms with Crippen LogP contribution in [0.4, 0.5) is 0 Å². The molecule has 0 unspecified atom stereocenters. The first-order chi connectivity index (χ1) is 15.3. The first-order valence-corrected chi connectivity index (χ1v) is 11.6. The Bertz CT molecular complexity index is 797. The lowest BCUT2D eigenvalue weighted by atomic mass is 9.62. The molecule has 2 aromatic carbocycles. The predicted octanol–water partition coefficient (Wildman–Crippen LogP) is 3.47. The molecule has 0 bridgehead atoms. The van der Waals surface area contributed by atoms with E-state index in [0.717, 1.165) is 32.2 Å². The van der Waals surface area contributed by atoms with Gasteiger partial charge < -0.3 is 15.5 Å². The molecule has 2 aromatic rings. The normalized spacial score (nSPS) is 22.7. The summed E-state index contributed by atoms with van der Waals surface area (Å²) in [6.45, 7) is 1.22. The van der Waals surface area contributed by atoms with Crippen molar-refractivity contribution in [2.45, 2.75) is 36.6 Å². The quantitative estimate of drug-likeness (QED) is 0.695. The molecule has 2 N–H and O–H groups in total. The van der Waals surface area contributed by atoms with E-state index in [9.17, 15) is 4.79 Å². The summed E-state index contributed by atoms with van der Waals surface area (Å²) < 4.78 is 0. The Labute approximate surface area is 195 Å². The zero-order valence-corrected chi connectivity index (χ0v) is 20.8. The van der Waals surface area contributed by atoms with Crippen molar-refractivity contribution in [1.82, 2.24) is 20.4 Å². The van der Waals surface area contributed by atoms with Crippen LogP contribution in [0, 0.1) is 0 Å². The maximum absolute atomic E-state index is 12.1. The van der Waals surface area contributed by atoms with Gasteiger partial charge in [0.1, 0.15) is 0 Å².